The number of ether oxygens (including phenoxy) is 1. The van der Waals surface area contributed by atoms with Gasteiger partial charge in [0, 0.05) is 6.20 Å². The first-order valence-electron chi connectivity index (χ1n) is 11.6. The zero-order chi connectivity index (χ0) is 26.0. The van der Waals surface area contributed by atoms with Crippen molar-refractivity contribution in [2.24, 2.45) is 0 Å². The fraction of sp³-hybridized carbons (Fsp3) is 0.480. The molecule has 190 valence electrons. The van der Waals surface area contributed by atoms with Gasteiger partial charge in [0.2, 0.25) is 0 Å². The van der Waals surface area contributed by atoms with Crippen molar-refractivity contribution < 1.29 is 27.9 Å². The van der Waals surface area contributed by atoms with Gasteiger partial charge in [-0.2, -0.15) is 0 Å². The fourth-order valence-corrected chi connectivity index (χ4v) is 4.87. The van der Waals surface area contributed by atoms with E-state index in [4.69, 9.17) is 4.74 Å². The van der Waals surface area contributed by atoms with Gasteiger partial charge < -0.3 is 15.2 Å². The fourth-order valence-electron chi connectivity index (χ4n) is 3.99. The molecule has 2 atom stereocenters. The zero-order valence-corrected chi connectivity index (χ0v) is 21.6. The van der Waals surface area contributed by atoms with Gasteiger partial charge in [-0.1, -0.05) is 26.0 Å². The topological polar surface area (TPSA) is 126 Å². The number of aliphatic hydroxyl groups excluding tert-OH is 1. The third-order valence-corrected chi connectivity index (χ3v) is 7.57. The van der Waals surface area contributed by atoms with E-state index in [0.29, 0.717) is 17.5 Å². The Labute approximate surface area is 206 Å². The lowest BCUT2D eigenvalue weighted by Crippen LogP contribution is -2.35. The van der Waals surface area contributed by atoms with E-state index >= 15 is 0 Å². The van der Waals surface area contributed by atoms with Crippen LogP contribution in [0.3, 0.4) is 0 Å². The molecule has 1 aromatic carbocycles. The Hall–Kier alpha value is -2.98. The summed E-state index contributed by atoms with van der Waals surface area (Å²) in [5.74, 6) is -0.449. The van der Waals surface area contributed by atoms with Crippen LogP contribution >= 0.6 is 0 Å². The second kappa shape index (κ2) is 10.3. The smallest absolute Gasteiger partial charge is 0.411 e. The van der Waals surface area contributed by atoms with Crippen LogP contribution in [0.2, 0.25) is 0 Å². The molecule has 2 heterocycles. The third-order valence-electron chi connectivity index (χ3n) is 5.82. The summed E-state index contributed by atoms with van der Waals surface area (Å²) in [6.07, 6.45) is 1.68. The molecule has 0 bridgehead atoms. The molecule has 1 aliphatic rings. The van der Waals surface area contributed by atoms with Crippen LogP contribution in [0.4, 0.5) is 4.79 Å². The SMILES string of the molecule is CCC1c2ncc(C(=O)N[C@@H](CO)c3ccc(S(=O)(=O)CC)cc3)cc2CN1C(=O)OC(C)(C)C. The van der Waals surface area contributed by atoms with Crippen molar-refractivity contribution in [1.29, 1.82) is 0 Å². The molecule has 9 nitrogen and oxygen atoms in total. The quantitative estimate of drug-likeness (QED) is 0.592. The van der Waals surface area contributed by atoms with Gasteiger partial charge in [-0.05, 0) is 56.5 Å². The van der Waals surface area contributed by atoms with Crippen molar-refractivity contribution in [2.45, 2.75) is 70.2 Å². The van der Waals surface area contributed by atoms with Gasteiger partial charge in [0.15, 0.2) is 9.84 Å². The predicted octanol–water partition coefficient (Wildman–Crippen LogP) is 3.54. The van der Waals surface area contributed by atoms with E-state index in [1.165, 1.54) is 18.3 Å². The minimum atomic E-state index is -3.34. The van der Waals surface area contributed by atoms with Crippen molar-refractivity contribution in [2.75, 3.05) is 12.4 Å². The summed E-state index contributed by atoms with van der Waals surface area (Å²) in [5, 5.41) is 12.6. The Morgan fingerprint density at radius 3 is 2.43 bits per heavy atom. The van der Waals surface area contributed by atoms with Gasteiger partial charge in [-0.15, -0.1) is 0 Å². The molecule has 10 heteroatoms. The lowest BCUT2D eigenvalue weighted by atomic mass is 10.1. The molecule has 0 saturated heterocycles. The maximum atomic E-state index is 13.0. The summed E-state index contributed by atoms with van der Waals surface area (Å²) >= 11 is 0. The van der Waals surface area contributed by atoms with Crippen molar-refractivity contribution in [3.05, 3.63) is 58.9 Å². The maximum Gasteiger partial charge on any atom is 0.411 e. The van der Waals surface area contributed by atoms with Crippen molar-refractivity contribution in [1.82, 2.24) is 15.2 Å². The largest absolute Gasteiger partial charge is 0.444 e. The molecule has 1 unspecified atom stereocenters. The first-order chi connectivity index (χ1) is 16.4. The summed E-state index contributed by atoms with van der Waals surface area (Å²) < 4.78 is 29.6. The van der Waals surface area contributed by atoms with Gasteiger partial charge in [0.05, 0.1) is 47.1 Å². The van der Waals surface area contributed by atoms with E-state index in [1.807, 2.05) is 27.7 Å². The molecule has 2 aromatic rings. The predicted molar refractivity (Wildman–Crippen MR) is 131 cm³/mol. The normalized spacial score (nSPS) is 16.5. The van der Waals surface area contributed by atoms with Crippen LogP contribution in [0, 0.1) is 0 Å². The van der Waals surface area contributed by atoms with Crippen LogP contribution in [0.25, 0.3) is 0 Å². The monoisotopic (exact) mass is 503 g/mol. The minimum Gasteiger partial charge on any atom is -0.444 e. The van der Waals surface area contributed by atoms with E-state index in [0.717, 1.165) is 11.3 Å². The molecule has 1 aromatic heterocycles. The van der Waals surface area contributed by atoms with Gasteiger partial charge in [-0.3, -0.25) is 14.7 Å². The molecule has 35 heavy (non-hydrogen) atoms. The Bertz CT molecular complexity index is 1190. The number of amides is 2. The van der Waals surface area contributed by atoms with Crippen LogP contribution < -0.4 is 5.32 Å². The number of hydrogen-bond donors (Lipinski definition) is 2. The number of fused-ring (bicyclic) bond motifs is 1. The van der Waals surface area contributed by atoms with Crippen LogP contribution in [-0.4, -0.2) is 53.4 Å². The van der Waals surface area contributed by atoms with Crippen molar-refractivity contribution in [3.8, 4) is 0 Å². The highest BCUT2D eigenvalue weighted by Crippen LogP contribution is 2.36. The van der Waals surface area contributed by atoms with Gasteiger partial charge in [0.1, 0.15) is 5.60 Å². The molecule has 0 spiro atoms. The number of nitrogens with zero attached hydrogens (tertiary/aromatic N) is 2. The van der Waals surface area contributed by atoms with E-state index in [-0.39, 0.29) is 29.8 Å². The highest BCUT2D eigenvalue weighted by Gasteiger charge is 2.36. The highest BCUT2D eigenvalue weighted by molar-refractivity contribution is 7.91. The third kappa shape index (κ3) is 5.99. The maximum absolute atomic E-state index is 13.0. The molecule has 0 fully saturated rings. The first-order valence-corrected chi connectivity index (χ1v) is 13.3. The Morgan fingerprint density at radius 1 is 1.23 bits per heavy atom. The Balaban J connectivity index is 1.77. The van der Waals surface area contributed by atoms with Gasteiger partial charge in [0.25, 0.3) is 5.91 Å². The molecule has 0 aliphatic carbocycles. The Kier molecular flexibility index (Phi) is 7.86. The Morgan fingerprint density at radius 2 is 1.89 bits per heavy atom. The van der Waals surface area contributed by atoms with Crippen molar-refractivity contribution in [3.63, 3.8) is 0 Å². The number of aliphatic hydroxyl groups is 1. The van der Waals surface area contributed by atoms with E-state index in [9.17, 15) is 23.1 Å². The molecule has 2 amide bonds. The summed E-state index contributed by atoms with van der Waals surface area (Å²) in [4.78, 5) is 31.9. The van der Waals surface area contributed by atoms with E-state index in [1.54, 1.807) is 30.0 Å². The number of aromatic nitrogens is 1. The molecule has 1 aliphatic heterocycles. The summed E-state index contributed by atoms with van der Waals surface area (Å²) in [6, 6.07) is 6.84. The van der Waals surface area contributed by atoms with Crippen LogP contribution in [0.15, 0.2) is 41.4 Å². The average molecular weight is 504 g/mol. The number of carbonyl (C=O) groups is 2. The molecule has 2 N–H and O–H groups in total. The molecule has 0 saturated carbocycles. The molecule has 0 radical (unpaired) electrons. The molecular weight excluding hydrogens is 470 g/mol. The van der Waals surface area contributed by atoms with Crippen LogP contribution in [-0.2, 0) is 21.1 Å². The lowest BCUT2D eigenvalue weighted by Gasteiger charge is -2.28. The number of rotatable bonds is 7. The van der Waals surface area contributed by atoms with E-state index < -0.39 is 33.5 Å². The number of pyridine rings is 1. The van der Waals surface area contributed by atoms with Gasteiger partial charge in [-0.25, -0.2) is 13.2 Å². The standard InChI is InChI=1S/C25H33N3O6S/c1-6-21-22-18(14-28(21)24(31)34-25(3,4)5)12-17(13-26-22)23(30)27-20(15-29)16-8-10-19(11-9-16)35(32,33)7-2/h8-13,20-21,29H,6-7,14-15H2,1-5H3,(H,27,30)/t20-,21?/m0/s1. The van der Waals surface area contributed by atoms with E-state index in [2.05, 4.69) is 10.3 Å². The highest BCUT2D eigenvalue weighted by atomic mass is 32.2. The number of hydrogen-bond acceptors (Lipinski definition) is 7. The number of benzene rings is 1. The summed E-state index contributed by atoms with van der Waals surface area (Å²) in [5.41, 5.74) is 1.76. The lowest BCUT2D eigenvalue weighted by molar-refractivity contribution is 0.0166. The number of sulfone groups is 1. The van der Waals surface area contributed by atoms with Crippen LogP contribution in [0.5, 0.6) is 0 Å². The van der Waals surface area contributed by atoms with Crippen molar-refractivity contribution >= 4 is 21.8 Å². The number of carbonyl (C=O) groups excluding carboxylic acids is 2. The summed E-state index contributed by atoms with van der Waals surface area (Å²) in [6.45, 7) is 8.88. The van der Waals surface area contributed by atoms with Crippen LogP contribution in [0.1, 0.15) is 80.3 Å². The second-order valence-corrected chi connectivity index (χ2v) is 11.8. The molecular formula is C25H33N3O6S. The minimum absolute atomic E-state index is 0.0118. The average Bonchev–Trinajstić information content (AvgIpc) is 3.19. The van der Waals surface area contributed by atoms with Gasteiger partial charge >= 0.3 is 6.09 Å². The second-order valence-electron chi connectivity index (χ2n) is 9.48. The zero-order valence-electron chi connectivity index (χ0n) is 20.7. The number of nitrogens with one attached hydrogen (secondary N) is 1. The molecule has 3 rings (SSSR count). The first kappa shape index (κ1) is 26.6. The summed E-state index contributed by atoms with van der Waals surface area (Å²) in [7, 11) is -3.34.